The van der Waals surface area contributed by atoms with Gasteiger partial charge >= 0.3 is 0 Å². The monoisotopic (exact) mass is 399 g/mol. The van der Waals surface area contributed by atoms with Crippen LogP contribution in [0, 0.1) is 6.92 Å². The fraction of sp³-hybridized carbons (Fsp3) is 0.412. The Balaban J connectivity index is 1.86. The zero-order valence-corrected chi connectivity index (χ0v) is 16.4. The fourth-order valence-corrected chi connectivity index (χ4v) is 3.49. The molecule has 2 aromatic rings. The Kier molecular flexibility index (Phi) is 5.89. The van der Waals surface area contributed by atoms with Gasteiger partial charge in [0.1, 0.15) is 5.02 Å². The zero-order valence-electron chi connectivity index (χ0n) is 14.1. The molecular weight excluding hydrogens is 381 g/mol. The van der Waals surface area contributed by atoms with Gasteiger partial charge in [-0.3, -0.25) is 0 Å². The summed E-state index contributed by atoms with van der Waals surface area (Å²) in [6.07, 6.45) is 0. The molecule has 8 heteroatoms. The van der Waals surface area contributed by atoms with Crippen molar-refractivity contribution in [2.75, 3.05) is 36.4 Å². The third-order valence-electron chi connectivity index (χ3n) is 4.19. The highest BCUT2D eigenvalue weighted by Crippen LogP contribution is 2.32. The molecule has 1 atom stereocenters. The average molecular weight is 401 g/mol. The molecule has 1 aromatic carbocycles. The normalized spacial score (nSPS) is 16.0. The van der Waals surface area contributed by atoms with Crippen molar-refractivity contribution in [2.24, 2.45) is 0 Å². The topological polar surface area (TPSA) is 53.1 Å². The van der Waals surface area contributed by atoms with E-state index in [0.717, 1.165) is 37.4 Å². The lowest BCUT2D eigenvalue weighted by atomic mass is 10.1. The molecule has 0 radical (unpaired) electrons. The number of hydrogen-bond acceptors (Lipinski definition) is 5. The quantitative estimate of drug-likeness (QED) is 0.800. The van der Waals surface area contributed by atoms with E-state index in [1.54, 1.807) is 6.07 Å². The minimum atomic E-state index is -0.0764. The van der Waals surface area contributed by atoms with Gasteiger partial charge in [0.25, 0.3) is 0 Å². The van der Waals surface area contributed by atoms with Crippen LogP contribution in [0.1, 0.15) is 24.2 Å². The van der Waals surface area contributed by atoms with Gasteiger partial charge in [0.2, 0.25) is 5.95 Å². The van der Waals surface area contributed by atoms with Gasteiger partial charge in [-0.1, -0.05) is 40.9 Å². The van der Waals surface area contributed by atoms with Crippen LogP contribution >= 0.6 is 34.8 Å². The predicted molar refractivity (Wildman–Crippen MR) is 105 cm³/mol. The second-order valence-electron chi connectivity index (χ2n) is 6.04. The molecule has 0 bridgehead atoms. The number of aryl methyl sites for hydroxylation is 1. The van der Waals surface area contributed by atoms with Crippen molar-refractivity contribution in [3.05, 3.63) is 44.5 Å². The van der Waals surface area contributed by atoms with E-state index < -0.39 is 0 Å². The SMILES string of the molecule is Cc1nc(N2CCNCC2)nc(NC(C)c2ccc(Cl)cc2Cl)c1Cl. The maximum absolute atomic E-state index is 6.43. The van der Waals surface area contributed by atoms with Gasteiger partial charge in [-0.05, 0) is 31.5 Å². The molecular formula is C17H20Cl3N5. The van der Waals surface area contributed by atoms with Gasteiger partial charge in [-0.2, -0.15) is 4.98 Å². The number of benzene rings is 1. The van der Waals surface area contributed by atoms with Crippen LogP contribution in [0.5, 0.6) is 0 Å². The number of nitrogens with one attached hydrogen (secondary N) is 2. The lowest BCUT2D eigenvalue weighted by Gasteiger charge is -2.28. The van der Waals surface area contributed by atoms with Crippen LogP contribution in [0.2, 0.25) is 15.1 Å². The summed E-state index contributed by atoms with van der Waals surface area (Å²) in [6, 6.07) is 5.38. The highest BCUT2D eigenvalue weighted by molar-refractivity contribution is 6.35. The molecule has 1 saturated heterocycles. The first-order valence-electron chi connectivity index (χ1n) is 8.17. The molecule has 0 amide bonds. The fourth-order valence-electron chi connectivity index (χ4n) is 2.78. The van der Waals surface area contributed by atoms with E-state index >= 15 is 0 Å². The van der Waals surface area contributed by atoms with E-state index in [1.165, 1.54) is 0 Å². The maximum Gasteiger partial charge on any atom is 0.227 e. The van der Waals surface area contributed by atoms with Gasteiger partial charge in [0.05, 0.1) is 11.7 Å². The van der Waals surface area contributed by atoms with E-state index in [0.29, 0.717) is 26.8 Å². The number of aromatic nitrogens is 2. The molecule has 0 aliphatic carbocycles. The first-order valence-corrected chi connectivity index (χ1v) is 9.30. The standard InChI is InChI=1S/C17H20Cl3N5/c1-10(13-4-3-12(18)9-14(13)19)22-16-15(20)11(2)23-17(24-16)25-7-5-21-6-8-25/h3-4,9-10,21H,5-8H2,1-2H3,(H,22,23,24). The lowest BCUT2D eigenvalue weighted by molar-refractivity contribution is 0.579. The Morgan fingerprint density at radius 3 is 2.56 bits per heavy atom. The number of rotatable bonds is 4. The van der Waals surface area contributed by atoms with Crippen LogP contribution < -0.4 is 15.5 Å². The Bertz CT molecular complexity index is 762. The second-order valence-corrected chi connectivity index (χ2v) is 7.26. The Morgan fingerprint density at radius 2 is 1.88 bits per heavy atom. The first-order chi connectivity index (χ1) is 12.0. The number of piperazine rings is 1. The Hall–Kier alpha value is -1.27. The molecule has 5 nitrogen and oxygen atoms in total. The van der Waals surface area contributed by atoms with Crippen molar-refractivity contribution in [2.45, 2.75) is 19.9 Å². The number of anilines is 2. The van der Waals surface area contributed by atoms with Crippen molar-refractivity contribution in [1.29, 1.82) is 0 Å². The smallest absolute Gasteiger partial charge is 0.227 e. The highest BCUT2D eigenvalue weighted by atomic mass is 35.5. The van der Waals surface area contributed by atoms with Gasteiger partial charge < -0.3 is 15.5 Å². The van der Waals surface area contributed by atoms with Gasteiger partial charge in [-0.15, -0.1) is 0 Å². The van der Waals surface area contributed by atoms with Crippen molar-refractivity contribution in [3.8, 4) is 0 Å². The van der Waals surface area contributed by atoms with E-state index in [2.05, 4.69) is 25.5 Å². The summed E-state index contributed by atoms with van der Waals surface area (Å²) in [4.78, 5) is 11.3. The van der Waals surface area contributed by atoms with Crippen molar-refractivity contribution >= 4 is 46.6 Å². The number of hydrogen-bond donors (Lipinski definition) is 2. The van der Waals surface area contributed by atoms with Crippen LogP contribution in [0.15, 0.2) is 18.2 Å². The zero-order chi connectivity index (χ0) is 18.0. The molecule has 0 saturated carbocycles. The number of halogens is 3. The molecule has 0 spiro atoms. The van der Waals surface area contributed by atoms with E-state index in [1.807, 2.05) is 26.0 Å². The number of nitrogens with zero attached hydrogens (tertiary/aromatic N) is 3. The molecule has 1 aromatic heterocycles. The summed E-state index contributed by atoms with van der Waals surface area (Å²) in [5.74, 6) is 1.31. The Labute approximate surface area is 162 Å². The molecule has 3 rings (SSSR count). The largest absolute Gasteiger partial charge is 0.362 e. The molecule has 134 valence electrons. The molecule has 1 fully saturated rings. The average Bonchev–Trinajstić information content (AvgIpc) is 2.59. The molecule has 2 heterocycles. The van der Waals surface area contributed by atoms with E-state index in [9.17, 15) is 0 Å². The summed E-state index contributed by atoms with van der Waals surface area (Å²) in [5, 5.41) is 8.42. The van der Waals surface area contributed by atoms with Crippen molar-refractivity contribution < 1.29 is 0 Å². The van der Waals surface area contributed by atoms with Crippen LogP contribution in [-0.2, 0) is 0 Å². The van der Waals surface area contributed by atoms with Crippen molar-refractivity contribution in [3.63, 3.8) is 0 Å². The van der Waals surface area contributed by atoms with Gasteiger partial charge in [0, 0.05) is 36.2 Å². The Morgan fingerprint density at radius 1 is 1.16 bits per heavy atom. The maximum atomic E-state index is 6.43. The summed E-state index contributed by atoms with van der Waals surface area (Å²) >= 11 is 18.7. The third kappa shape index (κ3) is 4.29. The summed E-state index contributed by atoms with van der Waals surface area (Å²) in [7, 11) is 0. The molecule has 1 aliphatic rings. The van der Waals surface area contributed by atoms with E-state index in [4.69, 9.17) is 34.8 Å². The molecule has 1 unspecified atom stereocenters. The predicted octanol–water partition coefficient (Wildman–Crippen LogP) is 4.33. The lowest BCUT2D eigenvalue weighted by Crippen LogP contribution is -2.44. The van der Waals surface area contributed by atoms with Crippen molar-refractivity contribution in [1.82, 2.24) is 15.3 Å². The highest BCUT2D eigenvalue weighted by Gasteiger charge is 2.19. The van der Waals surface area contributed by atoms with Crippen LogP contribution in [-0.4, -0.2) is 36.1 Å². The van der Waals surface area contributed by atoms with Crippen LogP contribution in [0.4, 0.5) is 11.8 Å². The van der Waals surface area contributed by atoms with E-state index in [-0.39, 0.29) is 6.04 Å². The van der Waals surface area contributed by atoms with Gasteiger partial charge in [0.15, 0.2) is 5.82 Å². The van der Waals surface area contributed by atoms with Crippen LogP contribution in [0.25, 0.3) is 0 Å². The van der Waals surface area contributed by atoms with Gasteiger partial charge in [-0.25, -0.2) is 4.98 Å². The second kappa shape index (κ2) is 7.96. The summed E-state index contributed by atoms with van der Waals surface area (Å²) < 4.78 is 0. The summed E-state index contributed by atoms with van der Waals surface area (Å²) in [5.41, 5.74) is 1.68. The minimum Gasteiger partial charge on any atom is -0.362 e. The van der Waals surface area contributed by atoms with Crippen LogP contribution in [0.3, 0.4) is 0 Å². The summed E-state index contributed by atoms with van der Waals surface area (Å²) in [6.45, 7) is 7.49. The third-order valence-corrected chi connectivity index (χ3v) is 5.20. The minimum absolute atomic E-state index is 0.0764. The molecule has 1 aliphatic heterocycles. The molecule has 25 heavy (non-hydrogen) atoms. The molecule has 2 N–H and O–H groups in total. The first kappa shape index (κ1) is 18.5.